The quantitative estimate of drug-likeness (QED) is 0.767. The molecule has 1 N–H and O–H groups in total. The van der Waals surface area contributed by atoms with Crippen molar-refractivity contribution in [2.75, 3.05) is 57.8 Å². The van der Waals surface area contributed by atoms with Gasteiger partial charge in [-0.25, -0.2) is 4.98 Å². The second-order valence-electron chi connectivity index (χ2n) is 7.45. The smallest absolute Gasteiger partial charge is 0.312 e. The van der Waals surface area contributed by atoms with Crippen molar-refractivity contribution < 1.29 is 14.3 Å². The molecule has 0 aliphatic carbocycles. The molecule has 3 fully saturated rings. The molecule has 0 saturated carbocycles. The average Bonchev–Trinajstić information content (AvgIpc) is 2.97. The Hall–Kier alpha value is -1.93. The van der Waals surface area contributed by atoms with Gasteiger partial charge in [0, 0.05) is 51.4 Å². The van der Waals surface area contributed by atoms with Crippen molar-refractivity contribution in [2.24, 2.45) is 5.41 Å². The molecule has 1 aromatic rings. The minimum absolute atomic E-state index is 0.0208. The van der Waals surface area contributed by atoms with Crippen LogP contribution in [0.1, 0.15) is 19.3 Å². The standard InChI is InChI=1S/C18H27N5O3/c1-25-15-2-5-20-17(21-15)23-10-8-22(9-11-23)13-14-12-18(16(24)26-14)3-6-19-7-4-18/h2,5,14,19H,3-4,6-13H2,1H3. The van der Waals surface area contributed by atoms with Crippen LogP contribution in [0.5, 0.6) is 5.88 Å². The van der Waals surface area contributed by atoms with E-state index in [0.717, 1.165) is 65.1 Å². The van der Waals surface area contributed by atoms with Crippen molar-refractivity contribution in [3.8, 4) is 5.88 Å². The predicted octanol–water partition coefficient (Wildman–Crippen LogP) is 0.293. The van der Waals surface area contributed by atoms with Crippen LogP contribution in [0.15, 0.2) is 12.3 Å². The van der Waals surface area contributed by atoms with Crippen molar-refractivity contribution in [2.45, 2.75) is 25.4 Å². The van der Waals surface area contributed by atoms with Gasteiger partial charge in [0.15, 0.2) is 0 Å². The highest BCUT2D eigenvalue weighted by molar-refractivity contribution is 5.79. The Morgan fingerprint density at radius 3 is 2.81 bits per heavy atom. The van der Waals surface area contributed by atoms with E-state index >= 15 is 0 Å². The molecule has 0 amide bonds. The molecule has 1 spiro atoms. The predicted molar refractivity (Wildman–Crippen MR) is 96.3 cm³/mol. The lowest BCUT2D eigenvalue weighted by molar-refractivity contribution is -0.150. The number of carbonyl (C=O) groups excluding carboxylic acids is 1. The van der Waals surface area contributed by atoms with Gasteiger partial charge in [-0.2, -0.15) is 4.98 Å². The van der Waals surface area contributed by atoms with Crippen LogP contribution in [-0.4, -0.2) is 79.9 Å². The molecule has 4 rings (SSSR count). The molecule has 3 aliphatic heterocycles. The molecule has 1 atom stereocenters. The third-order valence-electron chi connectivity index (χ3n) is 5.83. The molecule has 0 bridgehead atoms. The van der Waals surface area contributed by atoms with Crippen molar-refractivity contribution in [3.05, 3.63) is 12.3 Å². The number of cyclic esters (lactones) is 1. The Balaban J connectivity index is 1.29. The summed E-state index contributed by atoms with van der Waals surface area (Å²) in [5.74, 6) is 1.32. The zero-order chi connectivity index (χ0) is 18.0. The number of rotatable bonds is 4. The lowest BCUT2D eigenvalue weighted by Crippen LogP contribution is -2.49. The number of esters is 1. The normalized spacial score (nSPS) is 26.1. The molecule has 4 heterocycles. The zero-order valence-corrected chi connectivity index (χ0v) is 15.3. The summed E-state index contributed by atoms with van der Waals surface area (Å²) in [4.78, 5) is 25.7. The molecular weight excluding hydrogens is 334 g/mol. The van der Waals surface area contributed by atoms with Crippen LogP contribution in [0.4, 0.5) is 5.95 Å². The van der Waals surface area contributed by atoms with E-state index in [2.05, 4.69) is 25.1 Å². The van der Waals surface area contributed by atoms with E-state index in [4.69, 9.17) is 9.47 Å². The molecular formula is C18H27N5O3. The molecule has 3 aliphatic rings. The first-order valence-electron chi connectivity index (χ1n) is 9.45. The Morgan fingerprint density at radius 1 is 1.31 bits per heavy atom. The molecule has 8 nitrogen and oxygen atoms in total. The minimum atomic E-state index is -0.230. The lowest BCUT2D eigenvalue weighted by atomic mass is 9.76. The first-order valence-corrected chi connectivity index (χ1v) is 9.45. The summed E-state index contributed by atoms with van der Waals surface area (Å²) in [6.45, 7) is 6.23. The maximum atomic E-state index is 12.4. The molecule has 0 aromatic carbocycles. The number of ether oxygens (including phenoxy) is 2. The van der Waals surface area contributed by atoms with Gasteiger partial charge in [-0.3, -0.25) is 9.69 Å². The molecule has 0 radical (unpaired) electrons. The average molecular weight is 361 g/mol. The zero-order valence-electron chi connectivity index (χ0n) is 15.3. The lowest BCUT2D eigenvalue weighted by Gasteiger charge is -2.35. The van der Waals surface area contributed by atoms with Gasteiger partial charge >= 0.3 is 5.97 Å². The van der Waals surface area contributed by atoms with Crippen LogP contribution >= 0.6 is 0 Å². The van der Waals surface area contributed by atoms with Gasteiger partial charge in [-0.05, 0) is 25.9 Å². The fourth-order valence-corrected chi connectivity index (χ4v) is 4.27. The van der Waals surface area contributed by atoms with Gasteiger partial charge < -0.3 is 19.7 Å². The summed E-state index contributed by atoms with van der Waals surface area (Å²) in [5.41, 5.74) is -0.230. The van der Waals surface area contributed by atoms with Gasteiger partial charge in [-0.1, -0.05) is 0 Å². The molecule has 1 aromatic heterocycles. The molecule has 142 valence electrons. The summed E-state index contributed by atoms with van der Waals surface area (Å²) in [5, 5.41) is 3.34. The van der Waals surface area contributed by atoms with E-state index in [1.807, 2.05) is 0 Å². The van der Waals surface area contributed by atoms with Crippen molar-refractivity contribution in [1.82, 2.24) is 20.2 Å². The molecule has 8 heteroatoms. The van der Waals surface area contributed by atoms with E-state index in [0.29, 0.717) is 11.8 Å². The van der Waals surface area contributed by atoms with E-state index in [1.165, 1.54) is 0 Å². The number of hydrogen-bond acceptors (Lipinski definition) is 8. The van der Waals surface area contributed by atoms with Gasteiger partial charge in [0.1, 0.15) is 6.10 Å². The van der Waals surface area contributed by atoms with Gasteiger partial charge in [0.25, 0.3) is 0 Å². The third-order valence-corrected chi connectivity index (χ3v) is 5.83. The highest BCUT2D eigenvalue weighted by Crippen LogP contribution is 2.41. The number of methoxy groups -OCH3 is 1. The van der Waals surface area contributed by atoms with E-state index in [-0.39, 0.29) is 17.5 Å². The Kier molecular flexibility index (Phi) is 4.95. The van der Waals surface area contributed by atoms with Crippen LogP contribution in [0, 0.1) is 5.41 Å². The number of aromatic nitrogens is 2. The molecule has 3 saturated heterocycles. The summed E-state index contributed by atoms with van der Waals surface area (Å²) < 4.78 is 10.9. The number of piperidine rings is 1. The number of anilines is 1. The number of piperazine rings is 1. The first-order chi connectivity index (χ1) is 12.7. The van der Waals surface area contributed by atoms with E-state index in [9.17, 15) is 4.79 Å². The van der Waals surface area contributed by atoms with Gasteiger partial charge in [0.05, 0.1) is 12.5 Å². The largest absolute Gasteiger partial charge is 0.481 e. The number of nitrogens with zero attached hydrogens (tertiary/aromatic N) is 4. The van der Waals surface area contributed by atoms with Crippen molar-refractivity contribution >= 4 is 11.9 Å². The summed E-state index contributed by atoms with van der Waals surface area (Å²) in [7, 11) is 1.61. The summed E-state index contributed by atoms with van der Waals surface area (Å²) >= 11 is 0. The Bertz CT molecular complexity index is 641. The maximum Gasteiger partial charge on any atom is 0.312 e. The van der Waals surface area contributed by atoms with Crippen molar-refractivity contribution in [1.29, 1.82) is 0 Å². The van der Waals surface area contributed by atoms with Crippen LogP contribution in [0.3, 0.4) is 0 Å². The van der Waals surface area contributed by atoms with Gasteiger partial charge in [0.2, 0.25) is 11.8 Å². The molecule has 1 unspecified atom stereocenters. The van der Waals surface area contributed by atoms with Crippen LogP contribution < -0.4 is 15.0 Å². The number of carbonyl (C=O) groups is 1. The van der Waals surface area contributed by atoms with E-state index in [1.54, 1.807) is 19.4 Å². The van der Waals surface area contributed by atoms with Gasteiger partial charge in [-0.15, -0.1) is 0 Å². The van der Waals surface area contributed by atoms with Crippen LogP contribution in [0.2, 0.25) is 0 Å². The SMILES string of the molecule is COc1ccnc(N2CCN(CC3CC4(CCNCC4)C(=O)O3)CC2)n1. The maximum absolute atomic E-state index is 12.4. The monoisotopic (exact) mass is 361 g/mol. The summed E-state index contributed by atoms with van der Waals surface area (Å²) in [6.07, 6.45) is 4.43. The fraction of sp³-hybridized carbons (Fsp3) is 0.722. The highest BCUT2D eigenvalue weighted by Gasteiger charge is 2.49. The second kappa shape index (κ2) is 7.36. The number of nitrogens with one attached hydrogen (secondary N) is 1. The Labute approximate surface area is 153 Å². The van der Waals surface area contributed by atoms with E-state index < -0.39 is 0 Å². The minimum Gasteiger partial charge on any atom is -0.481 e. The fourth-order valence-electron chi connectivity index (χ4n) is 4.27. The molecule has 26 heavy (non-hydrogen) atoms. The first kappa shape index (κ1) is 17.5. The Morgan fingerprint density at radius 2 is 2.08 bits per heavy atom. The van der Waals surface area contributed by atoms with Crippen LogP contribution in [-0.2, 0) is 9.53 Å². The van der Waals surface area contributed by atoms with Crippen molar-refractivity contribution in [3.63, 3.8) is 0 Å². The topological polar surface area (TPSA) is 79.8 Å². The second-order valence-corrected chi connectivity index (χ2v) is 7.45. The number of hydrogen-bond donors (Lipinski definition) is 1. The summed E-state index contributed by atoms with van der Waals surface area (Å²) in [6, 6.07) is 1.75. The third kappa shape index (κ3) is 3.48. The van der Waals surface area contributed by atoms with Crippen LogP contribution in [0.25, 0.3) is 0 Å². The highest BCUT2D eigenvalue weighted by atomic mass is 16.6.